The summed E-state index contributed by atoms with van der Waals surface area (Å²) in [5, 5.41) is 8.62. The Balaban J connectivity index is 2.04. The van der Waals surface area contributed by atoms with Crippen molar-refractivity contribution in [1.29, 1.82) is 0 Å². The second-order valence-corrected chi connectivity index (χ2v) is 5.34. The van der Waals surface area contributed by atoms with Gasteiger partial charge in [0.15, 0.2) is 5.82 Å². The molecule has 22 heavy (non-hydrogen) atoms. The van der Waals surface area contributed by atoms with Crippen LogP contribution in [0.2, 0.25) is 0 Å². The number of nitrogen functional groups attached to an aromatic ring is 1. The third-order valence-corrected chi connectivity index (χ3v) is 3.76. The zero-order valence-corrected chi connectivity index (χ0v) is 12.7. The maximum atomic E-state index is 12.1. The predicted octanol–water partition coefficient (Wildman–Crippen LogP) is 2.39. The number of aromatic nitrogens is 3. The lowest BCUT2D eigenvalue weighted by molar-refractivity contribution is -0.0498. The Kier molecular flexibility index (Phi) is 5.96. The molecule has 2 rings (SSSR count). The number of halogens is 2. The molecule has 0 aliphatic carbocycles. The average Bonchev–Trinajstić information content (AvgIpc) is 2.85. The SMILES string of the molecule is COCCCSc1nnc(-c2ccc(OC(F)F)cc2)n1N. The first-order valence-electron chi connectivity index (χ1n) is 6.49. The predicted molar refractivity (Wildman–Crippen MR) is 79.5 cm³/mol. The second-order valence-electron chi connectivity index (χ2n) is 4.27. The molecule has 0 atom stereocenters. The molecule has 0 radical (unpaired) electrons. The van der Waals surface area contributed by atoms with Gasteiger partial charge in [-0.3, -0.25) is 0 Å². The fourth-order valence-electron chi connectivity index (χ4n) is 1.72. The number of ether oxygens (including phenoxy) is 2. The van der Waals surface area contributed by atoms with Crippen LogP contribution in [-0.2, 0) is 4.74 Å². The zero-order valence-electron chi connectivity index (χ0n) is 11.9. The van der Waals surface area contributed by atoms with E-state index < -0.39 is 6.61 Å². The van der Waals surface area contributed by atoms with Crippen molar-refractivity contribution in [3.8, 4) is 17.1 Å². The highest BCUT2D eigenvalue weighted by Crippen LogP contribution is 2.24. The Morgan fingerprint density at radius 2 is 2.00 bits per heavy atom. The molecule has 0 unspecified atom stereocenters. The molecule has 0 aliphatic rings. The lowest BCUT2D eigenvalue weighted by Crippen LogP contribution is -2.11. The first-order chi connectivity index (χ1) is 10.6. The van der Waals surface area contributed by atoms with Crippen molar-refractivity contribution in [3.05, 3.63) is 24.3 Å². The molecular formula is C13H16F2N4O2S. The van der Waals surface area contributed by atoms with E-state index in [4.69, 9.17) is 10.6 Å². The number of hydrogen-bond donors (Lipinski definition) is 1. The third-order valence-electron chi connectivity index (χ3n) is 2.73. The standard InChI is InChI=1S/C13H16F2N4O2S/c1-20-7-2-8-22-13-18-17-11(19(13)16)9-3-5-10(6-4-9)21-12(14)15/h3-6,12H,2,7-8,16H2,1H3. The maximum absolute atomic E-state index is 12.1. The first kappa shape index (κ1) is 16.5. The molecule has 9 heteroatoms. The molecule has 0 spiro atoms. The molecule has 0 saturated heterocycles. The number of hydrogen-bond acceptors (Lipinski definition) is 6. The van der Waals surface area contributed by atoms with Crippen LogP contribution < -0.4 is 10.6 Å². The number of alkyl halides is 2. The van der Waals surface area contributed by atoms with E-state index in [-0.39, 0.29) is 5.75 Å². The van der Waals surface area contributed by atoms with Gasteiger partial charge in [-0.05, 0) is 30.7 Å². The summed E-state index contributed by atoms with van der Waals surface area (Å²) < 4.78 is 34.8. The summed E-state index contributed by atoms with van der Waals surface area (Å²) in [6.07, 6.45) is 0.878. The highest BCUT2D eigenvalue weighted by Gasteiger charge is 2.12. The average molecular weight is 330 g/mol. The van der Waals surface area contributed by atoms with Crippen LogP contribution in [0.15, 0.2) is 29.4 Å². The number of benzene rings is 1. The summed E-state index contributed by atoms with van der Waals surface area (Å²) in [6.45, 7) is -2.18. The van der Waals surface area contributed by atoms with Gasteiger partial charge in [-0.15, -0.1) is 10.2 Å². The summed E-state index contributed by atoms with van der Waals surface area (Å²) in [6, 6.07) is 6.07. The van der Waals surface area contributed by atoms with Gasteiger partial charge in [0.25, 0.3) is 0 Å². The van der Waals surface area contributed by atoms with Crippen LogP contribution >= 0.6 is 11.8 Å². The molecule has 2 N–H and O–H groups in total. The van der Waals surface area contributed by atoms with E-state index in [1.165, 1.54) is 28.6 Å². The van der Waals surface area contributed by atoms with Crippen molar-refractivity contribution in [2.75, 3.05) is 25.3 Å². The Bertz CT molecular complexity index is 592. The van der Waals surface area contributed by atoms with E-state index in [9.17, 15) is 8.78 Å². The molecule has 120 valence electrons. The molecule has 2 aromatic rings. The molecule has 0 fully saturated rings. The van der Waals surface area contributed by atoms with Gasteiger partial charge in [-0.2, -0.15) is 8.78 Å². The monoisotopic (exact) mass is 330 g/mol. The van der Waals surface area contributed by atoms with Gasteiger partial charge < -0.3 is 15.3 Å². The van der Waals surface area contributed by atoms with E-state index in [2.05, 4.69) is 14.9 Å². The molecule has 0 amide bonds. The van der Waals surface area contributed by atoms with E-state index in [0.29, 0.717) is 23.2 Å². The minimum Gasteiger partial charge on any atom is -0.435 e. The number of nitrogens with two attached hydrogens (primary N) is 1. The minimum absolute atomic E-state index is 0.0796. The summed E-state index contributed by atoms with van der Waals surface area (Å²) in [7, 11) is 1.65. The molecule has 1 aromatic carbocycles. The Morgan fingerprint density at radius 3 is 2.64 bits per heavy atom. The maximum Gasteiger partial charge on any atom is 0.387 e. The molecule has 0 saturated carbocycles. The lowest BCUT2D eigenvalue weighted by atomic mass is 10.2. The van der Waals surface area contributed by atoms with Crippen LogP contribution in [-0.4, -0.2) is 41.0 Å². The van der Waals surface area contributed by atoms with Crippen LogP contribution in [0.3, 0.4) is 0 Å². The highest BCUT2D eigenvalue weighted by atomic mass is 32.2. The van der Waals surface area contributed by atoms with Gasteiger partial charge >= 0.3 is 6.61 Å². The van der Waals surface area contributed by atoms with Gasteiger partial charge in [0.2, 0.25) is 5.16 Å². The third kappa shape index (κ3) is 4.31. The van der Waals surface area contributed by atoms with Crippen molar-refractivity contribution >= 4 is 11.8 Å². The summed E-state index contributed by atoms with van der Waals surface area (Å²) >= 11 is 1.47. The van der Waals surface area contributed by atoms with Crippen molar-refractivity contribution in [2.45, 2.75) is 18.2 Å². The molecule has 6 nitrogen and oxygen atoms in total. The molecular weight excluding hydrogens is 314 g/mol. The molecule has 1 heterocycles. The van der Waals surface area contributed by atoms with Crippen LogP contribution in [0, 0.1) is 0 Å². The van der Waals surface area contributed by atoms with Gasteiger partial charge in [0.05, 0.1) is 0 Å². The quantitative estimate of drug-likeness (QED) is 0.455. The molecule has 1 aromatic heterocycles. The van der Waals surface area contributed by atoms with Crippen molar-refractivity contribution in [2.24, 2.45) is 0 Å². The fraction of sp³-hybridized carbons (Fsp3) is 0.385. The van der Waals surface area contributed by atoms with E-state index in [1.807, 2.05) is 0 Å². The van der Waals surface area contributed by atoms with E-state index in [0.717, 1.165) is 12.2 Å². The van der Waals surface area contributed by atoms with Crippen LogP contribution in [0.25, 0.3) is 11.4 Å². The van der Waals surface area contributed by atoms with Gasteiger partial charge in [0.1, 0.15) is 5.75 Å². The lowest BCUT2D eigenvalue weighted by Gasteiger charge is -2.06. The topological polar surface area (TPSA) is 75.2 Å². The fourth-order valence-corrected chi connectivity index (χ4v) is 2.49. The van der Waals surface area contributed by atoms with E-state index >= 15 is 0 Å². The van der Waals surface area contributed by atoms with E-state index in [1.54, 1.807) is 19.2 Å². The van der Waals surface area contributed by atoms with Gasteiger partial charge in [-0.1, -0.05) is 11.8 Å². The van der Waals surface area contributed by atoms with Crippen LogP contribution in [0.1, 0.15) is 6.42 Å². The summed E-state index contributed by atoms with van der Waals surface area (Å²) in [5.41, 5.74) is 0.667. The largest absolute Gasteiger partial charge is 0.435 e. The Hall–Kier alpha value is -1.87. The molecule has 0 aliphatic heterocycles. The van der Waals surface area contributed by atoms with Gasteiger partial charge in [0, 0.05) is 25.0 Å². The first-order valence-corrected chi connectivity index (χ1v) is 7.48. The Morgan fingerprint density at radius 1 is 1.27 bits per heavy atom. The minimum atomic E-state index is -2.85. The summed E-state index contributed by atoms with van der Waals surface area (Å²) in [5.74, 6) is 7.30. The normalized spacial score (nSPS) is 11.1. The van der Waals surface area contributed by atoms with Crippen LogP contribution in [0.5, 0.6) is 5.75 Å². The van der Waals surface area contributed by atoms with Gasteiger partial charge in [-0.25, -0.2) is 4.68 Å². The van der Waals surface area contributed by atoms with Crippen molar-refractivity contribution in [1.82, 2.24) is 14.9 Å². The van der Waals surface area contributed by atoms with Crippen molar-refractivity contribution in [3.63, 3.8) is 0 Å². The number of rotatable bonds is 8. The number of thioether (sulfide) groups is 1. The van der Waals surface area contributed by atoms with Crippen molar-refractivity contribution < 1.29 is 18.3 Å². The second kappa shape index (κ2) is 7.95. The number of methoxy groups -OCH3 is 1. The highest BCUT2D eigenvalue weighted by molar-refractivity contribution is 7.99. The summed E-state index contributed by atoms with van der Waals surface area (Å²) in [4.78, 5) is 0. The smallest absolute Gasteiger partial charge is 0.387 e. The molecule has 0 bridgehead atoms. The zero-order chi connectivity index (χ0) is 15.9. The van der Waals surface area contributed by atoms with Crippen LogP contribution in [0.4, 0.5) is 8.78 Å². The number of nitrogens with zero attached hydrogens (tertiary/aromatic N) is 3. The Labute approximate surface area is 130 Å².